The molecule has 0 spiro atoms. The number of hydrogen-bond acceptors (Lipinski definition) is 2. The summed E-state index contributed by atoms with van der Waals surface area (Å²) in [4.78, 5) is 11.8. The number of allylic oxidation sites excluding steroid dienone is 2. The lowest BCUT2D eigenvalue weighted by Gasteiger charge is -2.09. The van der Waals surface area contributed by atoms with Crippen LogP contribution in [0.25, 0.3) is 0 Å². The molecule has 0 aromatic carbocycles. The fourth-order valence-electron chi connectivity index (χ4n) is 3.14. The van der Waals surface area contributed by atoms with Crippen LogP contribution in [0.3, 0.4) is 0 Å². The standard InChI is InChI=1S/C20H36O2/c21-19-17-15-13-11-9-7-5-3-1-2-4-6-8-10-12-14-16-18-20(19)22/h1-2,19,21H,3-18H2/b2-1+. The quantitative estimate of drug-likeness (QED) is 0.580. The van der Waals surface area contributed by atoms with Crippen molar-refractivity contribution in [2.45, 2.75) is 109 Å². The minimum absolute atomic E-state index is 0.0690. The van der Waals surface area contributed by atoms with Gasteiger partial charge in [-0.15, -0.1) is 0 Å². The number of aliphatic hydroxyl groups is 1. The van der Waals surface area contributed by atoms with Crippen molar-refractivity contribution in [3.05, 3.63) is 12.2 Å². The third-order valence-corrected chi connectivity index (χ3v) is 4.68. The van der Waals surface area contributed by atoms with Crippen molar-refractivity contribution >= 4 is 5.78 Å². The van der Waals surface area contributed by atoms with E-state index >= 15 is 0 Å². The Kier molecular flexibility index (Phi) is 12.4. The Morgan fingerprint density at radius 3 is 1.73 bits per heavy atom. The molecule has 0 fully saturated rings. The second-order valence-electron chi connectivity index (χ2n) is 6.81. The Bertz CT molecular complexity index is 296. The first-order valence-corrected chi connectivity index (χ1v) is 9.66. The number of carbonyl (C=O) groups excluding carboxylic acids is 1. The van der Waals surface area contributed by atoms with Crippen molar-refractivity contribution in [3.8, 4) is 0 Å². The van der Waals surface area contributed by atoms with E-state index in [1.807, 2.05) is 0 Å². The van der Waals surface area contributed by atoms with Crippen LogP contribution in [0.5, 0.6) is 0 Å². The molecule has 0 radical (unpaired) electrons. The Morgan fingerprint density at radius 1 is 0.682 bits per heavy atom. The summed E-state index contributed by atoms with van der Waals surface area (Å²) >= 11 is 0. The van der Waals surface area contributed by atoms with Gasteiger partial charge in [-0.3, -0.25) is 4.79 Å². The van der Waals surface area contributed by atoms with Crippen LogP contribution in [0.15, 0.2) is 12.2 Å². The molecule has 0 heterocycles. The van der Waals surface area contributed by atoms with Gasteiger partial charge in [0.15, 0.2) is 5.78 Å². The van der Waals surface area contributed by atoms with Crippen LogP contribution in [-0.2, 0) is 4.79 Å². The Balaban J connectivity index is 2.23. The van der Waals surface area contributed by atoms with Crippen molar-refractivity contribution in [3.63, 3.8) is 0 Å². The first-order chi connectivity index (χ1) is 10.8. The van der Waals surface area contributed by atoms with Crippen molar-refractivity contribution in [2.24, 2.45) is 0 Å². The van der Waals surface area contributed by atoms with Gasteiger partial charge in [0.2, 0.25) is 0 Å². The lowest BCUT2D eigenvalue weighted by molar-refractivity contribution is -0.127. The number of rotatable bonds is 0. The molecule has 1 aliphatic rings. The number of carbonyl (C=O) groups is 1. The number of aliphatic hydroxyl groups excluding tert-OH is 1. The maximum absolute atomic E-state index is 11.8. The summed E-state index contributed by atoms with van der Waals surface area (Å²) in [5, 5.41) is 9.88. The lowest BCUT2D eigenvalue weighted by Crippen LogP contribution is -2.19. The molecule has 1 aliphatic carbocycles. The van der Waals surface area contributed by atoms with Gasteiger partial charge >= 0.3 is 0 Å². The second kappa shape index (κ2) is 14.0. The van der Waals surface area contributed by atoms with Gasteiger partial charge < -0.3 is 5.11 Å². The zero-order chi connectivity index (χ0) is 15.9. The molecule has 0 saturated carbocycles. The zero-order valence-corrected chi connectivity index (χ0v) is 14.4. The first kappa shape index (κ1) is 19.4. The predicted octanol–water partition coefficient (Wildman–Crippen LogP) is 5.73. The second-order valence-corrected chi connectivity index (χ2v) is 6.81. The van der Waals surface area contributed by atoms with Crippen LogP contribution in [-0.4, -0.2) is 17.0 Å². The summed E-state index contributed by atoms with van der Waals surface area (Å²) in [6, 6.07) is 0. The maximum Gasteiger partial charge on any atom is 0.161 e. The van der Waals surface area contributed by atoms with E-state index in [-0.39, 0.29) is 5.78 Å². The van der Waals surface area contributed by atoms with Crippen LogP contribution >= 0.6 is 0 Å². The smallest absolute Gasteiger partial charge is 0.161 e. The largest absolute Gasteiger partial charge is 0.385 e. The van der Waals surface area contributed by atoms with Crippen LogP contribution in [0.2, 0.25) is 0 Å². The number of ketones is 1. The van der Waals surface area contributed by atoms with E-state index in [0.717, 1.165) is 25.7 Å². The molecular weight excluding hydrogens is 272 g/mol. The molecule has 0 bridgehead atoms. The molecule has 128 valence electrons. The van der Waals surface area contributed by atoms with Gasteiger partial charge in [0.25, 0.3) is 0 Å². The average molecular weight is 309 g/mol. The molecule has 0 aromatic heterocycles. The van der Waals surface area contributed by atoms with E-state index in [4.69, 9.17) is 0 Å². The van der Waals surface area contributed by atoms with Crippen molar-refractivity contribution in [1.29, 1.82) is 0 Å². The molecule has 22 heavy (non-hydrogen) atoms. The van der Waals surface area contributed by atoms with E-state index in [1.54, 1.807) is 0 Å². The molecule has 1 N–H and O–H groups in total. The molecule has 2 nitrogen and oxygen atoms in total. The molecule has 1 atom stereocenters. The summed E-state index contributed by atoms with van der Waals surface area (Å²) in [7, 11) is 0. The zero-order valence-electron chi connectivity index (χ0n) is 14.4. The van der Waals surface area contributed by atoms with Gasteiger partial charge in [0.05, 0.1) is 0 Å². The van der Waals surface area contributed by atoms with Gasteiger partial charge in [0, 0.05) is 6.42 Å². The van der Waals surface area contributed by atoms with E-state index < -0.39 is 6.10 Å². The topological polar surface area (TPSA) is 37.3 Å². The monoisotopic (exact) mass is 308 g/mol. The number of Topliss-reactive ketones (excluding diaryl/α,β-unsaturated/α-hetero) is 1. The summed E-state index contributed by atoms with van der Waals surface area (Å²) in [5.41, 5.74) is 0. The minimum atomic E-state index is -0.698. The maximum atomic E-state index is 11.8. The molecule has 0 saturated heterocycles. The molecule has 1 unspecified atom stereocenters. The van der Waals surface area contributed by atoms with E-state index in [0.29, 0.717) is 12.8 Å². The first-order valence-electron chi connectivity index (χ1n) is 9.66. The highest BCUT2D eigenvalue weighted by Crippen LogP contribution is 2.14. The van der Waals surface area contributed by atoms with Gasteiger partial charge in [-0.1, -0.05) is 69.9 Å². The molecule has 0 aliphatic heterocycles. The summed E-state index contributed by atoms with van der Waals surface area (Å²) in [6.07, 6.45) is 22.2. The van der Waals surface area contributed by atoms with Crippen LogP contribution < -0.4 is 0 Å². The van der Waals surface area contributed by atoms with E-state index in [9.17, 15) is 9.90 Å². The van der Waals surface area contributed by atoms with Crippen LogP contribution in [0, 0.1) is 0 Å². The average Bonchev–Trinajstić information content (AvgIpc) is 2.52. The third-order valence-electron chi connectivity index (χ3n) is 4.68. The lowest BCUT2D eigenvalue weighted by atomic mass is 10.0. The highest BCUT2D eigenvalue weighted by Gasteiger charge is 2.13. The Labute approximate surface area is 137 Å². The summed E-state index contributed by atoms with van der Waals surface area (Å²) in [5.74, 6) is 0.0690. The van der Waals surface area contributed by atoms with Gasteiger partial charge in [-0.2, -0.15) is 0 Å². The molecule has 1 rings (SSSR count). The summed E-state index contributed by atoms with van der Waals surface area (Å²) < 4.78 is 0. The minimum Gasteiger partial charge on any atom is -0.385 e. The van der Waals surface area contributed by atoms with E-state index in [1.165, 1.54) is 64.2 Å². The highest BCUT2D eigenvalue weighted by molar-refractivity contribution is 5.82. The predicted molar refractivity (Wildman–Crippen MR) is 94.0 cm³/mol. The molecule has 0 amide bonds. The van der Waals surface area contributed by atoms with Gasteiger partial charge in [-0.05, 0) is 38.5 Å². The summed E-state index contributed by atoms with van der Waals surface area (Å²) in [6.45, 7) is 0. The fourth-order valence-corrected chi connectivity index (χ4v) is 3.14. The van der Waals surface area contributed by atoms with Crippen LogP contribution in [0.4, 0.5) is 0 Å². The normalized spacial score (nSPS) is 27.1. The van der Waals surface area contributed by atoms with E-state index in [2.05, 4.69) is 12.2 Å². The third kappa shape index (κ3) is 11.0. The van der Waals surface area contributed by atoms with Gasteiger partial charge in [-0.25, -0.2) is 0 Å². The SMILES string of the molecule is O=C1CCCCCCCC/C=C/CCCCCCCCC1O. The molecular formula is C20H36O2. The Hall–Kier alpha value is -0.630. The van der Waals surface area contributed by atoms with Crippen molar-refractivity contribution in [2.75, 3.05) is 0 Å². The molecule has 2 heteroatoms. The molecule has 0 aromatic rings. The van der Waals surface area contributed by atoms with Gasteiger partial charge in [0.1, 0.15) is 6.10 Å². The van der Waals surface area contributed by atoms with Crippen molar-refractivity contribution < 1.29 is 9.90 Å². The Morgan fingerprint density at radius 2 is 1.14 bits per heavy atom. The van der Waals surface area contributed by atoms with Crippen molar-refractivity contribution in [1.82, 2.24) is 0 Å². The number of hydrogen-bond donors (Lipinski definition) is 1. The highest BCUT2D eigenvalue weighted by atomic mass is 16.3. The fraction of sp³-hybridized carbons (Fsp3) is 0.850. The van der Waals surface area contributed by atoms with Crippen LogP contribution in [0.1, 0.15) is 103 Å².